The number of halogens is 1. The molecule has 0 aliphatic heterocycles. The van der Waals surface area contributed by atoms with Crippen LogP contribution in [-0.4, -0.2) is 17.9 Å². The number of carbonyl (C=O) groups excluding carboxylic acids is 2. The van der Waals surface area contributed by atoms with Gasteiger partial charge in [0.15, 0.2) is 0 Å². The van der Waals surface area contributed by atoms with Gasteiger partial charge in [-0.25, -0.2) is 4.39 Å². The minimum atomic E-state index is -0.780. The average molecular weight is 328 g/mol. The van der Waals surface area contributed by atoms with Crippen LogP contribution in [0.1, 0.15) is 22.3 Å². The molecule has 0 saturated heterocycles. The van der Waals surface area contributed by atoms with Gasteiger partial charge in [-0.1, -0.05) is 30.3 Å². The molecule has 1 atom stereocenters. The van der Waals surface area contributed by atoms with E-state index in [0.29, 0.717) is 12.0 Å². The maximum Gasteiger partial charge on any atom is 0.240 e. The lowest BCUT2D eigenvalue weighted by molar-refractivity contribution is -0.127. The Bertz CT molecular complexity index is 721. The Morgan fingerprint density at radius 1 is 1.08 bits per heavy atom. The molecule has 5 heteroatoms. The van der Waals surface area contributed by atoms with Crippen molar-refractivity contribution in [2.24, 2.45) is 5.73 Å². The van der Waals surface area contributed by atoms with E-state index in [4.69, 9.17) is 5.73 Å². The molecule has 0 unspecified atom stereocenters. The molecule has 0 spiro atoms. The third kappa shape index (κ3) is 4.65. The topological polar surface area (TPSA) is 72.2 Å². The van der Waals surface area contributed by atoms with E-state index in [-0.39, 0.29) is 18.1 Å². The van der Waals surface area contributed by atoms with E-state index in [0.717, 1.165) is 16.7 Å². The Morgan fingerprint density at radius 3 is 2.21 bits per heavy atom. The van der Waals surface area contributed by atoms with Gasteiger partial charge in [0.05, 0.1) is 6.42 Å². The summed E-state index contributed by atoms with van der Waals surface area (Å²) in [5.74, 6) is -1.26. The summed E-state index contributed by atoms with van der Waals surface area (Å²) in [5.41, 5.74) is 9.22. The Morgan fingerprint density at radius 2 is 1.67 bits per heavy atom. The lowest BCUT2D eigenvalue weighted by atomic mass is 9.96. The van der Waals surface area contributed by atoms with Crippen LogP contribution in [-0.2, 0) is 22.4 Å². The number of hydrogen-bond donors (Lipinski definition) is 2. The fraction of sp³-hybridized carbons (Fsp3) is 0.263. The largest absolute Gasteiger partial charge is 0.368 e. The fourth-order valence-corrected chi connectivity index (χ4v) is 2.63. The van der Waals surface area contributed by atoms with E-state index in [1.807, 2.05) is 32.0 Å². The summed E-state index contributed by atoms with van der Waals surface area (Å²) in [6, 6.07) is 10.8. The predicted octanol–water partition coefficient (Wildman–Crippen LogP) is 2.20. The zero-order valence-corrected chi connectivity index (χ0v) is 13.8. The minimum Gasteiger partial charge on any atom is -0.368 e. The average Bonchev–Trinajstić information content (AvgIpc) is 2.52. The highest BCUT2D eigenvalue weighted by atomic mass is 19.1. The Hall–Kier alpha value is -2.69. The Balaban J connectivity index is 2.07. The first-order valence-electron chi connectivity index (χ1n) is 7.75. The molecule has 0 saturated carbocycles. The second kappa shape index (κ2) is 7.73. The van der Waals surface area contributed by atoms with Gasteiger partial charge in [0, 0.05) is 6.42 Å². The summed E-state index contributed by atoms with van der Waals surface area (Å²) < 4.78 is 12.9. The highest BCUT2D eigenvalue weighted by Crippen LogP contribution is 2.15. The van der Waals surface area contributed by atoms with E-state index in [1.165, 1.54) is 12.1 Å². The van der Waals surface area contributed by atoms with Crippen molar-refractivity contribution in [3.63, 3.8) is 0 Å². The van der Waals surface area contributed by atoms with Crippen LogP contribution in [0.3, 0.4) is 0 Å². The molecule has 0 fully saturated rings. The monoisotopic (exact) mass is 328 g/mol. The molecule has 2 aromatic rings. The second-order valence-electron chi connectivity index (χ2n) is 5.90. The standard InChI is InChI=1S/C19H21FN2O2/c1-12-4-3-5-13(2)16(12)11-17(19(21)24)22-18(23)10-14-6-8-15(20)9-7-14/h3-9,17H,10-11H2,1-2H3,(H2,21,24)(H,22,23)/t17-/m1/s1. The molecule has 24 heavy (non-hydrogen) atoms. The maximum absolute atomic E-state index is 12.9. The highest BCUT2D eigenvalue weighted by Gasteiger charge is 2.20. The lowest BCUT2D eigenvalue weighted by Crippen LogP contribution is -2.46. The molecule has 0 aromatic heterocycles. The van der Waals surface area contributed by atoms with Crippen LogP contribution < -0.4 is 11.1 Å². The summed E-state index contributed by atoms with van der Waals surface area (Å²) in [6.07, 6.45) is 0.416. The van der Waals surface area contributed by atoms with Crippen LogP contribution in [0.25, 0.3) is 0 Å². The van der Waals surface area contributed by atoms with Gasteiger partial charge in [-0.15, -0.1) is 0 Å². The second-order valence-corrected chi connectivity index (χ2v) is 5.90. The zero-order valence-electron chi connectivity index (χ0n) is 13.8. The SMILES string of the molecule is Cc1cccc(C)c1C[C@@H](NC(=O)Cc1ccc(F)cc1)C(N)=O. The number of hydrogen-bond acceptors (Lipinski definition) is 2. The molecule has 0 radical (unpaired) electrons. The number of nitrogens with two attached hydrogens (primary N) is 1. The first-order valence-corrected chi connectivity index (χ1v) is 7.75. The van der Waals surface area contributed by atoms with Gasteiger partial charge in [0.25, 0.3) is 0 Å². The third-order valence-corrected chi connectivity index (χ3v) is 4.01. The third-order valence-electron chi connectivity index (χ3n) is 4.01. The molecule has 0 heterocycles. The molecular formula is C19H21FN2O2. The number of nitrogens with one attached hydrogen (secondary N) is 1. The van der Waals surface area contributed by atoms with E-state index in [9.17, 15) is 14.0 Å². The van der Waals surface area contributed by atoms with Crippen LogP contribution in [0.4, 0.5) is 4.39 Å². The van der Waals surface area contributed by atoms with Gasteiger partial charge in [0.1, 0.15) is 11.9 Å². The number of carbonyl (C=O) groups is 2. The predicted molar refractivity (Wildman–Crippen MR) is 90.8 cm³/mol. The van der Waals surface area contributed by atoms with E-state index >= 15 is 0 Å². The van der Waals surface area contributed by atoms with Crippen molar-refractivity contribution in [3.8, 4) is 0 Å². The van der Waals surface area contributed by atoms with Gasteiger partial charge in [-0.2, -0.15) is 0 Å². The molecule has 2 aromatic carbocycles. The summed E-state index contributed by atoms with van der Waals surface area (Å²) >= 11 is 0. The van der Waals surface area contributed by atoms with Crippen molar-refractivity contribution in [2.75, 3.05) is 0 Å². The van der Waals surface area contributed by atoms with Crippen LogP contribution in [0.5, 0.6) is 0 Å². The van der Waals surface area contributed by atoms with Crippen molar-refractivity contribution in [1.82, 2.24) is 5.32 Å². The maximum atomic E-state index is 12.9. The van der Waals surface area contributed by atoms with Crippen molar-refractivity contribution in [2.45, 2.75) is 32.7 Å². The smallest absolute Gasteiger partial charge is 0.240 e. The molecule has 2 rings (SSSR count). The van der Waals surface area contributed by atoms with Crippen LogP contribution in [0.2, 0.25) is 0 Å². The van der Waals surface area contributed by atoms with Gasteiger partial charge >= 0.3 is 0 Å². The van der Waals surface area contributed by atoms with Gasteiger partial charge in [-0.3, -0.25) is 9.59 Å². The van der Waals surface area contributed by atoms with Gasteiger partial charge in [-0.05, 0) is 48.2 Å². The summed E-state index contributed by atoms with van der Waals surface area (Å²) in [4.78, 5) is 23.9. The van der Waals surface area contributed by atoms with E-state index in [1.54, 1.807) is 12.1 Å². The van der Waals surface area contributed by atoms with Crippen molar-refractivity contribution < 1.29 is 14.0 Å². The quantitative estimate of drug-likeness (QED) is 0.853. The molecule has 0 aliphatic rings. The molecule has 126 valence electrons. The van der Waals surface area contributed by atoms with E-state index < -0.39 is 11.9 Å². The minimum absolute atomic E-state index is 0.0663. The number of benzene rings is 2. The zero-order chi connectivity index (χ0) is 17.7. The number of primary amides is 1. The molecule has 0 bridgehead atoms. The number of aryl methyl sites for hydroxylation is 2. The summed E-state index contributed by atoms with van der Waals surface area (Å²) in [6.45, 7) is 3.92. The molecule has 4 nitrogen and oxygen atoms in total. The van der Waals surface area contributed by atoms with Gasteiger partial charge in [0.2, 0.25) is 11.8 Å². The van der Waals surface area contributed by atoms with Crippen LogP contribution >= 0.6 is 0 Å². The van der Waals surface area contributed by atoms with Crippen LogP contribution in [0.15, 0.2) is 42.5 Å². The number of rotatable bonds is 6. The Kier molecular flexibility index (Phi) is 5.68. The van der Waals surface area contributed by atoms with Crippen molar-refractivity contribution in [3.05, 3.63) is 70.5 Å². The fourth-order valence-electron chi connectivity index (χ4n) is 2.63. The molecule has 0 aliphatic carbocycles. The number of amides is 2. The summed E-state index contributed by atoms with van der Waals surface area (Å²) in [7, 11) is 0. The summed E-state index contributed by atoms with van der Waals surface area (Å²) in [5, 5.41) is 2.68. The molecule has 2 amide bonds. The van der Waals surface area contributed by atoms with Crippen molar-refractivity contribution in [1.29, 1.82) is 0 Å². The first-order chi connectivity index (χ1) is 11.4. The lowest BCUT2D eigenvalue weighted by Gasteiger charge is -2.18. The van der Waals surface area contributed by atoms with Crippen molar-refractivity contribution >= 4 is 11.8 Å². The first kappa shape index (κ1) is 17.7. The van der Waals surface area contributed by atoms with Crippen LogP contribution in [0, 0.1) is 19.7 Å². The Labute approximate surface area is 140 Å². The highest BCUT2D eigenvalue weighted by molar-refractivity contribution is 5.87. The van der Waals surface area contributed by atoms with Gasteiger partial charge < -0.3 is 11.1 Å². The molecular weight excluding hydrogens is 307 g/mol. The molecule has 3 N–H and O–H groups in total. The van der Waals surface area contributed by atoms with E-state index in [2.05, 4.69) is 5.32 Å². The normalized spacial score (nSPS) is 11.8.